The molecular weight excluding hydrogens is 278 g/mol. The summed E-state index contributed by atoms with van der Waals surface area (Å²) < 4.78 is 0. The average molecular weight is 297 g/mol. The number of nitrogens with one attached hydrogen (secondary N) is 1. The number of aliphatic hydroxyl groups excluding tert-OH is 1. The van der Waals surface area contributed by atoms with Gasteiger partial charge < -0.3 is 15.2 Å². The second kappa shape index (κ2) is 5.81. The Balaban J connectivity index is 2.09. The van der Waals surface area contributed by atoms with E-state index >= 15 is 0 Å². The van der Waals surface area contributed by atoms with E-state index in [9.17, 15) is 9.90 Å². The second-order valence-corrected chi connectivity index (χ2v) is 5.89. The molecule has 4 nitrogen and oxygen atoms in total. The number of aryl methyl sites for hydroxylation is 1. The van der Waals surface area contributed by atoms with Gasteiger partial charge >= 0.3 is 0 Å². The molecule has 0 amide bonds. The lowest BCUT2D eigenvalue weighted by Crippen LogP contribution is -2.07. The van der Waals surface area contributed by atoms with Crippen LogP contribution in [0.1, 0.15) is 18.9 Å². The zero-order valence-corrected chi connectivity index (χ0v) is 12.5. The van der Waals surface area contributed by atoms with Crippen LogP contribution < -0.4 is 5.56 Å². The molecule has 22 heavy (non-hydrogen) atoms. The summed E-state index contributed by atoms with van der Waals surface area (Å²) >= 11 is 0. The van der Waals surface area contributed by atoms with Gasteiger partial charge in [-0.2, -0.15) is 0 Å². The van der Waals surface area contributed by atoms with Crippen LogP contribution in [0.3, 0.4) is 0 Å². The number of aromatic hydroxyl groups is 1. The van der Waals surface area contributed by atoms with Gasteiger partial charge in [0, 0.05) is 23.4 Å². The number of pyridine rings is 1. The van der Waals surface area contributed by atoms with Gasteiger partial charge in [0.25, 0.3) is 5.56 Å². The number of hydrogen-bond acceptors (Lipinski definition) is 3. The Hall–Kier alpha value is -2.33. The van der Waals surface area contributed by atoms with Crippen molar-refractivity contribution >= 4 is 21.7 Å². The monoisotopic (exact) mass is 297 g/mol. The minimum atomic E-state index is -0.148. The van der Waals surface area contributed by atoms with Gasteiger partial charge in [-0.15, -0.1) is 0 Å². The molecule has 0 aliphatic heterocycles. The number of fused-ring (bicyclic) bond motifs is 3. The summed E-state index contributed by atoms with van der Waals surface area (Å²) in [4.78, 5) is 15.1. The Morgan fingerprint density at radius 3 is 2.64 bits per heavy atom. The molecule has 0 bridgehead atoms. The second-order valence-electron chi connectivity index (χ2n) is 5.89. The average Bonchev–Trinajstić information content (AvgIpc) is 2.52. The normalized spacial score (nSPS) is 12.8. The van der Waals surface area contributed by atoms with E-state index in [-0.39, 0.29) is 23.8 Å². The Bertz CT molecular complexity index is 883. The quantitative estimate of drug-likeness (QED) is 0.648. The molecule has 4 heteroatoms. The fraction of sp³-hybridized carbons (Fsp3) is 0.278. The minimum absolute atomic E-state index is 0.136. The number of aromatic nitrogens is 1. The Kier molecular flexibility index (Phi) is 3.86. The fourth-order valence-electron chi connectivity index (χ4n) is 2.73. The Morgan fingerprint density at radius 2 is 1.86 bits per heavy atom. The summed E-state index contributed by atoms with van der Waals surface area (Å²) in [5.74, 6) is 0.394. The Labute approximate surface area is 128 Å². The summed E-state index contributed by atoms with van der Waals surface area (Å²) in [5, 5.41) is 21.1. The van der Waals surface area contributed by atoms with Crippen LogP contribution in [0.2, 0.25) is 0 Å². The van der Waals surface area contributed by atoms with Crippen molar-refractivity contribution in [1.82, 2.24) is 4.98 Å². The summed E-state index contributed by atoms with van der Waals surface area (Å²) in [6, 6.07) is 10.9. The van der Waals surface area contributed by atoms with Gasteiger partial charge in [-0.1, -0.05) is 19.1 Å². The molecule has 0 spiro atoms. The molecule has 1 heterocycles. The highest BCUT2D eigenvalue weighted by Crippen LogP contribution is 2.25. The third kappa shape index (κ3) is 2.70. The third-order valence-corrected chi connectivity index (χ3v) is 4.11. The van der Waals surface area contributed by atoms with Crippen molar-refractivity contribution < 1.29 is 10.2 Å². The maximum absolute atomic E-state index is 12.3. The highest BCUT2D eigenvalue weighted by atomic mass is 16.3. The van der Waals surface area contributed by atoms with Crippen molar-refractivity contribution in [3.63, 3.8) is 0 Å². The first-order valence-corrected chi connectivity index (χ1v) is 7.47. The van der Waals surface area contributed by atoms with Crippen LogP contribution in [0.5, 0.6) is 5.75 Å². The van der Waals surface area contributed by atoms with Gasteiger partial charge in [-0.3, -0.25) is 4.79 Å². The molecule has 2 aromatic carbocycles. The molecule has 3 aromatic rings. The highest BCUT2D eigenvalue weighted by Gasteiger charge is 2.08. The van der Waals surface area contributed by atoms with Crippen molar-refractivity contribution in [3.8, 4) is 5.75 Å². The molecule has 1 aromatic heterocycles. The number of aliphatic hydroxyl groups is 1. The van der Waals surface area contributed by atoms with Crippen molar-refractivity contribution in [3.05, 3.63) is 52.3 Å². The molecule has 3 N–H and O–H groups in total. The summed E-state index contributed by atoms with van der Waals surface area (Å²) in [6.07, 6.45) is 1.73. The number of aromatic amines is 1. The number of phenolic OH excluding ortho intramolecular Hbond substituents is 1. The molecule has 0 saturated heterocycles. The Morgan fingerprint density at radius 1 is 1.09 bits per heavy atom. The first-order chi connectivity index (χ1) is 10.6. The van der Waals surface area contributed by atoms with Crippen LogP contribution in [-0.4, -0.2) is 21.8 Å². The van der Waals surface area contributed by atoms with Gasteiger partial charge in [-0.05, 0) is 47.9 Å². The number of hydrogen-bond donors (Lipinski definition) is 3. The highest BCUT2D eigenvalue weighted by molar-refractivity contribution is 6.05. The van der Waals surface area contributed by atoms with Crippen LogP contribution in [0.4, 0.5) is 0 Å². The lowest BCUT2D eigenvalue weighted by molar-refractivity contribution is 0.230. The minimum Gasteiger partial charge on any atom is -0.508 e. The fourth-order valence-corrected chi connectivity index (χ4v) is 2.73. The molecule has 0 fully saturated rings. The van der Waals surface area contributed by atoms with E-state index in [1.54, 1.807) is 12.1 Å². The molecule has 1 atom stereocenters. The van der Waals surface area contributed by atoms with Gasteiger partial charge in [0.15, 0.2) is 0 Å². The van der Waals surface area contributed by atoms with Gasteiger partial charge in [0.2, 0.25) is 0 Å². The van der Waals surface area contributed by atoms with Gasteiger partial charge in [0.05, 0.1) is 5.52 Å². The molecule has 3 rings (SSSR count). The molecular formula is C18H19NO3. The molecule has 1 unspecified atom stereocenters. The van der Waals surface area contributed by atoms with Gasteiger partial charge in [0.1, 0.15) is 5.75 Å². The van der Waals surface area contributed by atoms with E-state index in [1.165, 1.54) is 0 Å². The van der Waals surface area contributed by atoms with Crippen LogP contribution in [-0.2, 0) is 6.42 Å². The largest absolute Gasteiger partial charge is 0.508 e. The maximum Gasteiger partial charge on any atom is 0.256 e. The zero-order valence-electron chi connectivity index (χ0n) is 12.5. The standard InChI is InChI=1S/C18H19NO3/c1-11(10-20)2-3-12-4-6-14-15-7-5-13(21)9-17(15)19-18(22)16(14)8-12/h4-9,11,20-21H,2-3,10H2,1H3,(H,19,22). The summed E-state index contributed by atoms with van der Waals surface area (Å²) in [5.41, 5.74) is 1.58. The van der Waals surface area contributed by atoms with E-state index in [1.807, 2.05) is 31.2 Å². The summed E-state index contributed by atoms with van der Waals surface area (Å²) in [7, 11) is 0. The van der Waals surface area contributed by atoms with Crippen LogP contribution in [0.15, 0.2) is 41.2 Å². The zero-order chi connectivity index (χ0) is 15.7. The first-order valence-electron chi connectivity index (χ1n) is 7.47. The SMILES string of the molecule is CC(CO)CCc1ccc2c(c1)c(=O)[nH]c1cc(O)ccc12. The molecule has 114 valence electrons. The molecule has 0 aliphatic rings. The van der Waals surface area contributed by atoms with Crippen molar-refractivity contribution in [1.29, 1.82) is 0 Å². The van der Waals surface area contributed by atoms with E-state index in [0.29, 0.717) is 10.9 Å². The lowest BCUT2D eigenvalue weighted by Gasteiger charge is -2.09. The predicted octanol–water partition coefficient (Wildman–Crippen LogP) is 2.95. The van der Waals surface area contributed by atoms with Crippen molar-refractivity contribution in [2.45, 2.75) is 19.8 Å². The smallest absolute Gasteiger partial charge is 0.256 e. The maximum atomic E-state index is 12.3. The van der Waals surface area contributed by atoms with Crippen LogP contribution in [0.25, 0.3) is 21.7 Å². The van der Waals surface area contributed by atoms with Gasteiger partial charge in [-0.25, -0.2) is 0 Å². The number of H-pyrrole nitrogens is 1. The van der Waals surface area contributed by atoms with Crippen molar-refractivity contribution in [2.75, 3.05) is 6.61 Å². The van der Waals surface area contributed by atoms with Crippen molar-refractivity contribution in [2.24, 2.45) is 5.92 Å². The first kappa shape index (κ1) is 14.6. The summed E-state index contributed by atoms with van der Waals surface area (Å²) in [6.45, 7) is 2.19. The van der Waals surface area contributed by atoms with E-state index in [2.05, 4.69) is 4.98 Å². The third-order valence-electron chi connectivity index (χ3n) is 4.11. The van der Waals surface area contributed by atoms with E-state index in [0.717, 1.165) is 29.2 Å². The topological polar surface area (TPSA) is 73.3 Å². The van der Waals surface area contributed by atoms with Crippen LogP contribution >= 0.6 is 0 Å². The van der Waals surface area contributed by atoms with E-state index in [4.69, 9.17) is 5.11 Å². The van der Waals surface area contributed by atoms with Crippen LogP contribution in [0, 0.1) is 5.92 Å². The number of benzene rings is 2. The number of rotatable bonds is 4. The van der Waals surface area contributed by atoms with E-state index < -0.39 is 0 Å². The molecule has 0 radical (unpaired) electrons. The lowest BCUT2D eigenvalue weighted by atomic mass is 9.98. The molecule has 0 saturated carbocycles. The predicted molar refractivity (Wildman–Crippen MR) is 88.3 cm³/mol. The number of phenols is 1. The molecule has 0 aliphatic carbocycles.